The first-order chi connectivity index (χ1) is 15.1. The van der Waals surface area contributed by atoms with E-state index in [9.17, 15) is 9.59 Å². The van der Waals surface area contributed by atoms with Gasteiger partial charge in [-0.2, -0.15) is 0 Å². The Morgan fingerprint density at radius 3 is 2.55 bits per heavy atom. The lowest BCUT2D eigenvalue weighted by molar-refractivity contribution is -0.137. The van der Waals surface area contributed by atoms with Gasteiger partial charge in [-0.1, -0.05) is 80.3 Å². The number of hydrogen-bond acceptors (Lipinski definition) is 2. The third kappa shape index (κ3) is 8.01. The molecular weight excluding hydrogens is 386 g/mol. The van der Waals surface area contributed by atoms with E-state index >= 15 is 0 Å². The first-order valence-corrected chi connectivity index (χ1v) is 12.0. The number of rotatable bonds is 15. The third-order valence-electron chi connectivity index (χ3n) is 6.80. The van der Waals surface area contributed by atoms with Gasteiger partial charge in [0.25, 0.3) is 0 Å². The normalized spacial score (nSPS) is 22.0. The van der Waals surface area contributed by atoms with Crippen LogP contribution in [0.5, 0.6) is 0 Å². The number of hydrogen-bond donors (Lipinski definition) is 2. The first-order valence-electron chi connectivity index (χ1n) is 12.0. The zero-order chi connectivity index (χ0) is 21.9. The van der Waals surface area contributed by atoms with E-state index in [1.807, 2.05) is 18.2 Å². The van der Waals surface area contributed by atoms with E-state index in [-0.39, 0.29) is 18.4 Å². The maximum absolute atomic E-state index is 12.4. The molecule has 0 bridgehead atoms. The highest BCUT2D eigenvalue weighted by Gasteiger charge is 2.50. The van der Waals surface area contributed by atoms with Crippen molar-refractivity contribution in [3.8, 4) is 0 Å². The van der Waals surface area contributed by atoms with E-state index in [1.165, 1.54) is 37.7 Å². The van der Waals surface area contributed by atoms with Gasteiger partial charge in [0.1, 0.15) is 0 Å². The number of carbonyl (C=O) groups is 2. The van der Waals surface area contributed by atoms with E-state index in [0.29, 0.717) is 18.3 Å². The molecule has 31 heavy (non-hydrogen) atoms. The van der Waals surface area contributed by atoms with Crippen LogP contribution in [0.1, 0.15) is 76.2 Å². The van der Waals surface area contributed by atoms with Crippen molar-refractivity contribution in [1.29, 1.82) is 0 Å². The second-order valence-corrected chi connectivity index (χ2v) is 9.28. The number of benzene rings is 1. The molecule has 2 aliphatic carbocycles. The zero-order valence-corrected chi connectivity index (χ0v) is 18.6. The van der Waals surface area contributed by atoms with E-state index in [1.54, 1.807) is 0 Å². The molecule has 0 spiro atoms. The van der Waals surface area contributed by atoms with Gasteiger partial charge in [-0.05, 0) is 55.4 Å². The molecule has 1 aromatic carbocycles. The predicted molar refractivity (Wildman–Crippen MR) is 125 cm³/mol. The van der Waals surface area contributed by atoms with Crippen molar-refractivity contribution in [3.63, 3.8) is 0 Å². The summed E-state index contributed by atoms with van der Waals surface area (Å²) in [4.78, 5) is 23.3. The van der Waals surface area contributed by atoms with Gasteiger partial charge >= 0.3 is 5.97 Å². The second kappa shape index (κ2) is 11.9. The van der Waals surface area contributed by atoms with Crippen LogP contribution in [0.25, 0.3) is 0 Å². The molecule has 1 aromatic rings. The molecule has 168 valence electrons. The molecule has 2 N–H and O–H groups in total. The molecule has 3 atom stereocenters. The number of nitrogens with one attached hydrogen (secondary N) is 1. The molecule has 4 heteroatoms. The Bertz CT molecular complexity index is 770. The average Bonchev–Trinajstić information content (AvgIpc) is 3.50. The molecule has 0 aliphatic heterocycles. The summed E-state index contributed by atoms with van der Waals surface area (Å²) in [6, 6.07) is 10.1. The Hall–Kier alpha value is -2.36. The van der Waals surface area contributed by atoms with Crippen molar-refractivity contribution in [2.75, 3.05) is 0 Å². The highest BCUT2D eigenvalue weighted by Crippen LogP contribution is 2.59. The fourth-order valence-electron chi connectivity index (χ4n) is 4.76. The van der Waals surface area contributed by atoms with E-state index in [4.69, 9.17) is 5.11 Å². The lowest BCUT2D eigenvalue weighted by Crippen LogP contribution is -2.35. The fraction of sp³-hybridized carbons (Fsp3) is 0.556. The number of fused-ring (bicyclic) bond motifs is 1. The molecule has 0 aromatic heterocycles. The topological polar surface area (TPSA) is 66.4 Å². The van der Waals surface area contributed by atoms with Gasteiger partial charge < -0.3 is 10.4 Å². The molecule has 1 amide bonds. The van der Waals surface area contributed by atoms with Gasteiger partial charge in [-0.3, -0.25) is 9.59 Å². The molecule has 3 unspecified atom stereocenters. The summed E-state index contributed by atoms with van der Waals surface area (Å²) in [6.45, 7) is 0. The lowest BCUT2D eigenvalue weighted by atomic mass is 9.92. The summed E-state index contributed by atoms with van der Waals surface area (Å²) in [5.74, 6) is 0.0372. The van der Waals surface area contributed by atoms with Gasteiger partial charge in [0.2, 0.25) is 5.91 Å². The molecular formula is C27H37NO3. The third-order valence-corrected chi connectivity index (χ3v) is 6.80. The number of carboxylic acids is 1. The number of carbonyl (C=O) groups excluding carboxylic acids is 1. The number of allylic oxidation sites excluding steroid dienone is 4. The second-order valence-electron chi connectivity index (χ2n) is 9.28. The molecule has 3 rings (SSSR count). The van der Waals surface area contributed by atoms with Gasteiger partial charge in [-0.25, -0.2) is 0 Å². The standard InChI is InChI=1S/C27H37NO3/c29-25(14-7-2-1-3-9-19-27-20-10-8-13-23(27)21-27)28-24(17-18-26(30)31)16-15-22-11-5-4-6-12-22/h4-6,8,10-13,20,23-24H,1-3,7,9,14-19,21H2,(H,28,29)(H,30,31). The minimum Gasteiger partial charge on any atom is -0.481 e. The maximum atomic E-state index is 12.4. The number of unbranched alkanes of at least 4 members (excludes halogenated alkanes) is 4. The molecule has 1 saturated carbocycles. The largest absolute Gasteiger partial charge is 0.481 e. The van der Waals surface area contributed by atoms with E-state index < -0.39 is 5.97 Å². The van der Waals surface area contributed by atoms with Crippen molar-refractivity contribution < 1.29 is 14.7 Å². The smallest absolute Gasteiger partial charge is 0.303 e. The van der Waals surface area contributed by atoms with Crippen LogP contribution in [0.2, 0.25) is 0 Å². The summed E-state index contributed by atoms with van der Waals surface area (Å²) in [5, 5.41) is 12.1. The number of carboxylic acid groups (broad SMARTS) is 1. The van der Waals surface area contributed by atoms with Gasteiger partial charge in [0.05, 0.1) is 0 Å². The minimum atomic E-state index is -0.809. The molecule has 2 aliphatic rings. The Morgan fingerprint density at radius 1 is 1.00 bits per heavy atom. The van der Waals surface area contributed by atoms with Crippen molar-refractivity contribution in [1.82, 2.24) is 5.32 Å². The lowest BCUT2D eigenvalue weighted by Gasteiger charge is -2.18. The first kappa shape index (κ1) is 23.3. The van der Waals surface area contributed by atoms with Crippen molar-refractivity contribution in [2.24, 2.45) is 11.3 Å². The van der Waals surface area contributed by atoms with Crippen LogP contribution in [-0.4, -0.2) is 23.0 Å². The number of aliphatic carboxylic acids is 1. The Balaban J connectivity index is 1.27. The van der Waals surface area contributed by atoms with Crippen LogP contribution in [0.3, 0.4) is 0 Å². The van der Waals surface area contributed by atoms with Crippen LogP contribution in [0.15, 0.2) is 54.6 Å². The number of amides is 1. The van der Waals surface area contributed by atoms with E-state index in [2.05, 4.69) is 41.8 Å². The van der Waals surface area contributed by atoms with Crippen molar-refractivity contribution in [2.45, 2.75) is 83.1 Å². The molecule has 4 nitrogen and oxygen atoms in total. The predicted octanol–water partition coefficient (Wildman–Crippen LogP) is 5.83. The highest BCUT2D eigenvalue weighted by molar-refractivity contribution is 5.76. The summed E-state index contributed by atoms with van der Waals surface area (Å²) < 4.78 is 0. The molecule has 1 fully saturated rings. The van der Waals surface area contributed by atoms with E-state index in [0.717, 1.165) is 31.6 Å². The van der Waals surface area contributed by atoms with Gasteiger partial charge in [-0.15, -0.1) is 0 Å². The summed E-state index contributed by atoms with van der Waals surface area (Å²) >= 11 is 0. The highest BCUT2D eigenvalue weighted by atomic mass is 16.4. The molecule has 0 heterocycles. The van der Waals surface area contributed by atoms with Crippen LogP contribution in [0.4, 0.5) is 0 Å². The zero-order valence-electron chi connectivity index (χ0n) is 18.6. The Morgan fingerprint density at radius 2 is 1.77 bits per heavy atom. The van der Waals surface area contributed by atoms with Gasteiger partial charge in [0, 0.05) is 18.9 Å². The quantitative estimate of drug-likeness (QED) is 0.349. The van der Waals surface area contributed by atoms with Crippen molar-refractivity contribution in [3.05, 3.63) is 60.2 Å². The van der Waals surface area contributed by atoms with Crippen LogP contribution in [-0.2, 0) is 16.0 Å². The van der Waals surface area contributed by atoms with Crippen LogP contribution < -0.4 is 5.32 Å². The Kier molecular flexibility index (Phi) is 8.93. The summed E-state index contributed by atoms with van der Waals surface area (Å²) in [7, 11) is 0. The monoisotopic (exact) mass is 423 g/mol. The summed E-state index contributed by atoms with van der Waals surface area (Å²) in [5.41, 5.74) is 1.70. The minimum absolute atomic E-state index is 0.0577. The maximum Gasteiger partial charge on any atom is 0.303 e. The summed E-state index contributed by atoms with van der Waals surface area (Å²) in [6.07, 6.45) is 20.2. The van der Waals surface area contributed by atoms with Crippen LogP contribution >= 0.6 is 0 Å². The SMILES string of the molecule is O=C(O)CCC(CCc1ccccc1)NC(=O)CCCCCCCC12C=CC=CC1C2. The van der Waals surface area contributed by atoms with Gasteiger partial charge in [0.15, 0.2) is 0 Å². The average molecular weight is 424 g/mol. The number of aryl methyl sites for hydroxylation is 1. The van der Waals surface area contributed by atoms with Crippen LogP contribution in [0, 0.1) is 11.3 Å². The fourth-order valence-corrected chi connectivity index (χ4v) is 4.76. The van der Waals surface area contributed by atoms with Crippen molar-refractivity contribution >= 4 is 11.9 Å². The molecule has 0 radical (unpaired) electrons. The molecule has 0 saturated heterocycles. The Labute approximate surface area is 186 Å².